The van der Waals surface area contributed by atoms with Crippen molar-refractivity contribution in [2.75, 3.05) is 7.05 Å². The molecule has 0 radical (unpaired) electrons. The second-order valence-corrected chi connectivity index (χ2v) is 7.92. The fraction of sp³-hybridized carbons (Fsp3) is 0.700. The summed E-state index contributed by atoms with van der Waals surface area (Å²) in [4.78, 5) is 0. The van der Waals surface area contributed by atoms with Gasteiger partial charge in [-0.15, -0.1) is 0 Å². The van der Waals surface area contributed by atoms with Crippen molar-refractivity contribution < 1.29 is 0 Å². The molecule has 1 aromatic carbocycles. The Hall–Kier alpha value is -0.820. The maximum absolute atomic E-state index is 3.59. The molecule has 1 aromatic rings. The third-order valence-corrected chi connectivity index (χ3v) is 5.73. The summed E-state index contributed by atoms with van der Waals surface area (Å²) in [5.74, 6) is 2.20. The van der Waals surface area contributed by atoms with Crippen molar-refractivity contribution in [1.82, 2.24) is 5.32 Å². The van der Waals surface area contributed by atoms with Gasteiger partial charge in [-0.1, -0.05) is 65.3 Å². The highest BCUT2D eigenvalue weighted by atomic mass is 14.9. The van der Waals surface area contributed by atoms with Gasteiger partial charge in [0.1, 0.15) is 0 Å². The summed E-state index contributed by atoms with van der Waals surface area (Å²) in [6.45, 7) is 11.8. The van der Waals surface area contributed by atoms with Crippen molar-refractivity contribution in [2.24, 2.45) is 11.8 Å². The van der Waals surface area contributed by atoms with Crippen LogP contribution in [0.15, 0.2) is 24.3 Å². The van der Waals surface area contributed by atoms with Crippen molar-refractivity contribution in [3.63, 3.8) is 0 Å². The first-order valence-corrected chi connectivity index (χ1v) is 8.64. The number of hydrogen-bond acceptors (Lipinski definition) is 1. The van der Waals surface area contributed by atoms with Gasteiger partial charge in [-0.05, 0) is 54.2 Å². The average molecular weight is 287 g/mol. The maximum Gasteiger partial charge on any atom is 0.0103 e. The Morgan fingerprint density at radius 3 is 2.24 bits per heavy atom. The van der Waals surface area contributed by atoms with E-state index in [0.29, 0.717) is 12.0 Å². The summed E-state index contributed by atoms with van der Waals surface area (Å²) in [6.07, 6.45) is 4.02. The lowest BCUT2D eigenvalue weighted by Gasteiger charge is -2.44. The van der Waals surface area contributed by atoms with Gasteiger partial charge in [-0.2, -0.15) is 0 Å². The lowest BCUT2D eigenvalue weighted by molar-refractivity contribution is 0.151. The number of hydrogen-bond donors (Lipinski definition) is 1. The third-order valence-electron chi connectivity index (χ3n) is 5.73. The van der Waals surface area contributed by atoms with Gasteiger partial charge in [0.25, 0.3) is 0 Å². The van der Waals surface area contributed by atoms with Crippen LogP contribution in [0.3, 0.4) is 0 Å². The molecule has 1 fully saturated rings. The zero-order valence-corrected chi connectivity index (χ0v) is 14.7. The van der Waals surface area contributed by atoms with Gasteiger partial charge >= 0.3 is 0 Å². The van der Waals surface area contributed by atoms with Crippen molar-refractivity contribution in [2.45, 2.75) is 71.3 Å². The predicted octanol–water partition coefficient (Wildman–Crippen LogP) is 5.11. The standard InChI is InChI=1S/C20H33N/c1-14(2)16-8-10-17(11-9-16)20(4,5)18-12-7-15(3)13-19(18)21-6/h8-11,14-15,18-19,21H,7,12-13H2,1-6H3. The molecular weight excluding hydrogens is 254 g/mol. The molecule has 0 bridgehead atoms. The molecule has 1 aliphatic rings. The topological polar surface area (TPSA) is 12.0 Å². The first-order valence-electron chi connectivity index (χ1n) is 8.64. The Labute approximate surface area is 131 Å². The van der Waals surface area contributed by atoms with E-state index in [9.17, 15) is 0 Å². The van der Waals surface area contributed by atoms with E-state index < -0.39 is 0 Å². The molecule has 21 heavy (non-hydrogen) atoms. The lowest BCUT2D eigenvalue weighted by Crippen LogP contribution is -2.47. The van der Waals surface area contributed by atoms with E-state index in [1.807, 2.05) is 0 Å². The summed E-state index contributed by atoms with van der Waals surface area (Å²) in [5, 5.41) is 3.59. The molecule has 1 heteroatoms. The Bertz CT molecular complexity index is 443. The minimum atomic E-state index is 0.239. The van der Waals surface area contributed by atoms with E-state index in [0.717, 1.165) is 11.8 Å². The molecule has 118 valence electrons. The molecule has 1 aliphatic carbocycles. The molecule has 0 aromatic heterocycles. The SMILES string of the molecule is CNC1CC(C)CCC1C(C)(C)c1ccc(C(C)C)cc1. The minimum Gasteiger partial charge on any atom is -0.317 e. The lowest BCUT2D eigenvalue weighted by atomic mass is 9.63. The highest BCUT2D eigenvalue weighted by Crippen LogP contribution is 2.42. The maximum atomic E-state index is 3.59. The second kappa shape index (κ2) is 6.52. The van der Waals surface area contributed by atoms with Crippen LogP contribution in [0.2, 0.25) is 0 Å². The second-order valence-electron chi connectivity index (χ2n) is 7.92. The van der Waals surface area contributed by atoms with Crippen molar-refractivity contribution >= 4 is 0 Å². The third kappa shape index (κ3) is 3.51. The molecule has 1 saturated carbocycles. The fourth-order valence-corrected chi connectivity index (χ4v) is 4.08. The van der Waals surface area contributed by atoms with Crippen LogP contribution in [0.1, 0.15) is 70.9 Å². The average Bonchev–Trinajstić information content (AvgIpc) is 2.46. The van der Waals surface area contributed by atoms with E-state index >= 15 is 0 Å². The first-order chi connectivity index (χ1) is 9.86. The zero-order chi connectivity index (χ0) is 15.6. The fourth-order valence-electron chi connectivity index (χ4n) is 4.08. The van der Waals surface area contributed by atoms with Gasteiger partial charge in [0.15, 0.2) is 0 Å². The van der Waals surface area contributed by atoms with E-state index in [4.69, 9.17) is 0 Å². The van der Waals surface area contributed by atoms with Gasteiger partial charge in [-0.25, -0.2) is 0 Å². The van der Waals surface area contributed by atoms with Crippen LogP contribution in [-0.2, 0) is 5.41 Å². The summed E-state index contributed by atoms with van der Waals surface area (Å²) >= 11 is 0. The Morgan fingerprint density at radius 2 is 1.71 bits per heavy atom. The van der Waals surface area contributed by atoms with Gasteiger partial charge < -0.3 is 5.32 Å². The summed E-state index contributed by atoms with van der Waals surface area (Å²) in [7, 11) is 2.13. The van der Waals surface area contributed by atoms with Crippen LogP contribution in [-0.4, -0.2) is 13.1 Å². The summed E-state index contributed by atoms with van der Waals surface area (Å²) < 4.78 is 0. The molecule has 3 unspecified atom stereocenters. The zero-order valence-electron chi connectivity index (χ0n) is 14.7. The molecule has 1 N–H and O–H groups in total. The van der Waals surface area contributed by atoms with Crippen LogP contribution in [0.4, 0.5) is 0 Å². The molecule has 0 saturated heterocycles. The molecule has 0 heterocycles. The minimum absolute atomic E-state index is 0.239. The van der Waals surface area contributed by atoms with Crippen molar-refractivity contribution in [3.8, 4) is 0 Å². The van der Waals surface area contributed by atoms with E-state index in [2.05, 4.69) is 71.2 Å². The first kappa shape index (κ1) is 16.5. The van der Waals surface area contributed by atoms with Gasteiger partial charge in [0.05, 0.1) is 0 Å². The van der Waals surface area contributed by atoms with Crippen molar-refractivity contribution in [3.05, 3.63) is 35.4 Å². The highest BCUT2D eigenvalue weighted by Gasteiger charge is 2.39. The molecular formula is C20H33N. The smallest absolute Gasteiger partial charge is 0.0103 e. The van der Waals surface area contributed by atoms with Crippen LogP contribution in [0.5, 0.6) is 0 Å². The monoisotopic (exact) mass is 287 g/mol. The molecule has 3 atom stereocenters. The van der Waals surface area contributed by atoms with Crippen LogP contribution < -0.4 is 5.32 Å². The Morgan fingerprint density at radius 1 is 1.10 bits per heavy atom. The molecule has 1 nitrogen and oxygen atoms in total. The normalized spacial score (nSPS) is 27.1. The summed E-state index contributed by atoms with van der Waals surface area (Å²) in [5.41, 5.74) is 3.17. The van der Waals surface area contributed by atoms with E-state index in [1.165, 1.54) is 30.4 Å². The van der Waals surface area contributed by atoms with E-state index in [-0.39, 0.29) is 5.41 Å². The number of nitrogens with one attached hydrogen (secondary N) is 1. The Kier molecular flexibility index (Phi) is 5.14. The molecule has 2 rings (SSSR count). The van der Waals surface area contributed by atoms with Gasteiger partial charge in [0, 0.05) is 6.04 Å². The molecule has 0 spiro atoms. The van der Waals surface area contributed by atoms with Gasteiger partial charge in [-0.3, -0.25) is 0 Å². The van der Waals surface area contributed by atoms with Crippen LogP contribution in [0.25, 0.3) is 0 Å². The number of benzene rings is 1. The quantitative estimate of drug-likeness (QED) is 0.811. The Balaban J connectivity index is 2.23. The predicted molar refractivity (Wildman–Crippen MR) is 92.9 cm³/mol. The van der Waals surface area contributed by atoms with Crippen LogP contribution >= 0.6 is 0 Å². The van der Waals surface area contributed by atoms with E-state index in [1.54, 1.807) is 0 Å². The number of rotatable bonds is 4. The summed E-state index contributed by atoms with van der Waals surface area (Å²) in [6, 6.07) is 10.0. The van der Waals surface area contributed by atoms with Crippen molar-refractivity contribution in [1.29, 1.82) is 0 Å². The highest BCUT2D eigenvalue weighted by molar-refractivity contribution is 5.30. The van der Waals surface area contributed by atoms with Crippen LogP contribution in [0, 0.1) is 11.8 Å². The molecule has 0 aliphatic heterocycles. The van der Waals surface area contributed by atoms with Gasteiger partial charge in [0.2, 0.25) is 0 Å². The largest absolute Gasteiger partial charge is 0.317 e. The molecule has 0 amide bonds.